The molecule has 0 aliphatic rings. The van der Waals surface area contributed by atoms with Crippen molar-refractivity contribution in [2.24, 2.45) is 0 Å². The minimum Gasteiger partial charge on any atom is -0.332 e. The van der Waals surface area contributed by atoms with Crippen LogP contribution in [0.3, 0.4) is 0 Å². The summed E-state index contributed by atoms with van der Waals surface area (Å²) in [7, 11) is 0. The molecule has 0 fully saturated rings. The molecular formula is C13H9F3N2S. The van der Waals surface area contributed by atoms with E-state index < -0.39 is 17.5 Å². The van der Waals surface area contributed by atoms with Gasteiger partial charge >= 0.3 is 0 Å². The molecule has 0 radical (unpaired) electrons. The molecule has 0 atom stereocenters. The van der Waals surface area contributed by atoms with E-state index in [1.807, 2.05) is 18.2 Å². The fourth-order valence-corrected chi connectivity index (χ4v) is 1.68. The number of halogens is 3. The second kappa shape index (κ2) is 5.71. The fourth-order valence-electron chi connectivity index (χ4n) is 1.44. The van der Waals surface area contributed by atoms with Crippen molar-refractivity contribution in [1.82, 2.24) is 0 Å². The summed E-state index contributed by atoms with van der Waals surface area (Å²) in [6.07, 6.45) is 0. The third kappa shape index (κ3) is 3.45. The average molecular weight is 282 g/mol. The van der Waals surface area contributed by atoms with E-state index in [9.17, 15) is 13.2 Å². The first-order chi connectivity index (χ1) is 9.06. The van der Waals surface area contributed by atoms with Crippen LogP contribution in [0.2, 0.25) is 0 Å². The van der Waals surface area contributed by atoms with Crippen molar-refractivity contribution in [1.29, 1.82) is 0 Å². The Morgan fingerprint density at radius 2 is 1.37 bits per heavy atom. The van der Waals surface area contributed by atoms with Gasteiger partial charge in [-0.1, -0.05) is 18.2 Å². The van der Waals surface area contributed by atoms with Crippen LogP contribution in [0.15, 0.2) is 42.5 Å². The first-order valence-corrected chi connectivity index (χ1v) is 5.74. The molecule has 0 bridgehead atoms. The van der Waals surface area contributed by atoms with Crippen LogP contribution < -0.4 is 10.6 Å². The molecule has 19 heavy (non-hydrogen) atoms. The minimum atomic E-state index is -1.51. The topological polar surface area (TPSA) is 24.1 Å². The first-order valence-electron chi connectivity index (χ1n) is 5.34. The lowest BCUT2D eigenvalue weighted by Crippen LogP contribution is -2.19. The SMILES string of the molecule is Fc1cc(NC(=S)Nc2ccccc2)cc(F)c1F. The second-order valence-corrected chi connectivity index (χ2v) is 4.11. The van der Waals surface area contributed by atoms with Gasteiger partial charge in [-0.15, -0.1) is 0 Å². The van der Waals surface area contributed by atoms with Crippen LogP contribution in [0.4, 0.5) is 24.5 Å². The zero-order valence-electron chi connectivity index (χ0n) is 9.58. The van der Waals surface area contributed by atoms with Gasteiger partial charge in [0.05, 0.1) is 0 Å². The molecule has 0 spiro atoms. The molecule has 2 rings (SSSR count). The maximum Gasteiger partial charge on any atom is 0.194 e. The van der Waals surface area contributed by atoms with E-state index in [0.29, 0.717) is 0 Å². The van der Waals surface area contributed by atoms with Crippen molar-refractivity contribution in [2.75, 3.05) is 10.6 Å². The van der Waals surface area contributed by atoms with Crippen LogP contribution in [0.1, 0.15) is 0 Å². The normalized spacial score (nSPS) is 10.1. The van der Waals surface area contributed by atoms with Gasteiger partial charge in [-0.3, -0.25) is 0 Å². The van der Waals surface area contributed by atoms with Crippen LogP contribution >= 0.6 is 12.2 Å². The van der Waals surface area contributed by atoms with Gasteiger partial charge in [0.2, 0.25) is 0 Å². The monoisotopic (exact) mass is 282 g/mol. The molecule has 0 amide bonds. The Labute approximate surface area is 113 Å². The quantitative estimate of drug-likeness (QED) is 0.645. The van der Waals surface area contributed by atoms with Gasteiger partial charge in [0.15, 0.2) is 22.6 Å². The van der Waals surface area contributed by atoms with E-state index in [1.165, 1.54) is 0 Å². The van der Waals surface area contributed by atoms with Crippen LogP contribution in [-0.2, 0) is 0 Å². The van der Waals surface area contributed by atoms with Gasteiger partial charge in [0, 0.05) is 23.5 Å². The highest BCUT2D eigenvalue weighted by molar-refractivity contribution is 7.80. The van der Waals surface area contributed by atoms with Gasteiger partial charge in [0.1, 0.15) is 0 Å². The van der Waals surface area contributed by atoms with E-state index in [-0.39, 0.29) is 10.8 Å². The number of hydrogen-bond acceptors (Lipinski definition) is 1. The van der Waals surface area contributed by atoms with Crippen molar-refractivity contribution >= 4 is 28.7 Å². The Balaban J connectivity index is 2.07. The molecule has 6 heteroatoms. The van der Waals surface area contributed by atoms with Crippen molar-refractivity contribution in [2.45, 2.75) is 0 Å². The van der Waals surface area contributed by atoms with Crippen molar-refractivity contribution < 1.29 is 13.2 Å². The van der Waals surface area contributed by atoms with E-state index in [4.69, 9.17) is 12.2 Å². The maximum absolute atomic E-state index is 13.0. The summed E-state index contributed by atoms with van der Waals surface area (Å²) in [5.41, 5.74) is 0.757. The molecule has 0 unspecified atom stereocenters. The van der Waals surface area contributed by atoms with Crippen molar-refractivity contribution in [3.8, 4) is 0 Å². The molecule has 2 nitrogen and oxygen atoms in total. The zero-order chi connectivity index (χ0) is 13.8. The van der Waals surface area contributed by atoms with Crippen LogP contribution in [0, 0.1) is 17.5 Å². The standard InChI is InChI=1S/C13H9F3N2S/c14-10-6-9(7-11(15)12(10)16)18-13(19)17-8-4-2-1-3-5-8/h1-7H,(H2,17,18,19). The maximum atomic E-state index is 13.0. The van der Waals surface area contributed by atoms with E-state index >= 15 is 0 Å². The Morgan fingerprint density at radius 1 is 0.842 bits per heavy atom. The molecule has 0 aliphatic heterocycles. The Kier molecular flexibility index (Phi) is 4.01. The lowest BCUT2D eigenvalue weighted by Gasteiger charge is -2.10. The van der Waals surface area contributed by atoms with Gasteiger partial charge < -0.3 is 10.6 Å². The number of benzene rings is 2. The predicted octanol–water partition coefficient (Wildman–Crippen LogP) is 3.91. The summed E-state index contributed by atoms with van der Waals surface area (Å²) in [6, 6.07) is 10.7. The molecule has 2 aromatic carbocycles. The Hall–Kier alpha value is -2.08. The van der Waals surface area contributed by atoms with E-state index in [2.05, 4.69) is 10.6 Å². The highest BCUT2D eigenvalue weighted by Gasteiger charge is 2.11. The third-order valence-electron chi connectivity index (χ3n) is 2.27. The van der Waals surface area contributed by atoms with Gasteiger partial charge in [-0.2, -0.15) is 0 Å². The number of hydrogen-bond donors (Lipinski definition) is 2. The number of rotatable bonds is 2. The summed E-state index contributed by atoms with van der Waals surface area (Å²) in [5.74, 6) is -4.05. The van der Waals surface area contributed by atoms with E-state index in [0.717, 1.165) is 17.8 Å². The van der Waals surface area contributed by atoms with Gasteiger partial charge in [-0.05, 0) is 24.4 Å². The molecule has 0 saturated carbocycles. The zero-order valence-corrected chi connectivity index (χ0v) is 10.4. The van der Waals surface area contributed by atoms with Crippen LogP contribution in [0.25, 0.3) is 0 Å². The van der Waals surface area contributed by atoms with Gasteiger partial charge in [0.25, 0.3) is 0 Å². The number of thiocarbonyl (C=S) groups is 1. The molecule has 2 aromatic rings. The van der Waals surface area contributed by atoms with Crippen molar-refractivity contribution in [3.63, 3.8) is 0 Å². The summed E-state index contributed by atoms with van der Waals surface area (Å²) < 4.78 is 38.8. The molecular weight excluding hydrogens is 273 g/mol. The molecule has 0 aliphatic carbocycles. The lowest BCUT2D eigenvalue weighted by molar-refractivity contribution is 0.448. The molecule has 98 valence electrons. The second-order valence-electron chi connectivity index (χ2n) is 3.70. The minimum absolute atomic E-state index is 0.0323. The van der Waals surface area contributed by atoms with Crippen LogP contribution in [0.5, 0.6) is 0 Å². The Bertz CT molecular complexity index is 579. The highest BCUT2D eigenvalue weighted by Crippen LogP contribution is 2.17. The number of nitrogens with one attached hydrogen (secondary N) is 2. The summed E-state index contributed by atoms with van der Waals surface area (Å²) in [4.78, 5) is 0. The van der Waals surface area contributed by atoms with Crippen LogP contribution in [-0.4, -0.2) is 5.11 Å². The molecule has 0 heterocycles. The molecule has 0 saturated heterocycles. The largest absolute Gasteiger partial charge is 0.332 e. The highest BCUT2D eigenvalue weighted by atomic mass is 32.1. The number of para-hydroxylation sites is 1. The third-order valence-corrected chi connectivity index (χ3v) is 2.48. The summed E-state index contributed by atoms with van der Waals surface area (Å²) >= 11 is 4.98. The number of anilines is 2. The predicted molar refractivity (Wildman–Crippen MR) is 72.6 cm³/mol. The molecule has 0 aromatic heterocycles. The Morgan fingerprint density at radius 3 is 1.95 bits per heavy atom. The van der Waals surface area contributed by atoms with Crippen molar-refractivity contribution in [3.05, 3.63) is 59.9 Å². The molecule has 2 N–H and O–H groups in total. The first kappa shape index (κ1) is 13.4. The summed E-state index contributed by atoms with van der Waals surface area (Å²) in [6.45, 7) is 0. The van der Waals surface area contributed by atoms with Gasteiger partial charge in [-0.25, -0.2) is 13.2 Å². The smallest absolute Gasteiger partial charge is 0.194 e. The fraction of sp³-hybridized carbons (Fsp3) is 0. The average Bonchev–Trinajstić information content (AvgIpc) is 2.37. The summed E-state index contributed by atoms with van der Waals surface area (Å²) in [5, 5.41) is 5.55. The van der Waals surface area contributed by atoms with E-state index in [1.54, 1.807) is 12.1 Å². The lowest BCUT2D eigenvalue weighted by atomic mass is 10.3.